The number of rotatable bonds is 2. The van der Waals surface area contributed by atoms with Crippen LogP contribution in [0, 0.1) is 57.2 Å². The zero-order chi connectivity index (χ0) is 13.4. The molecule has 0 atom stereocenters. The minimum Gasteiger partial charge on any atom is -0.197 e. The smallest absolute Gasteiger partial charge is 0.151 e. The zero-order valence-corrected chi connectivity index (χ0v) is 9.93. The standard InChI is InChI=1S/C14H12N4/c15-7-13(8-16)5-11-1-2-12(4-3-11)6-14(9-17)10-18/h5-6,13-14H,1-4H2. The van der Waals surface area contributed by atoms with Crippen molar-refractivity contribution in [1.29, 1.82) is 21.0 Å². The van der Waals surface area contributed by atoms with E-state index in [1.54, 1.807) is 12.2 Å². The lowest BCUT2D eigenvalue weighted by Crippen LogP contribution is -2.02. The van der Waals surface area contributed by atoms with Crippen LogP contribution < -0.4 is 0 Å². The Morgan fingerprint density at radius 2 is 0.944 bits per heavy atom. The Bertz CT molecular complexity index is 438. The molecule has 1 aliphatic carbocycles. The van der Waals surface area contributed by atoms with Crippen LogP contribution in [0.25, 0.3) is 0 Å². The number of hydrogen-bond donors (Lipinski definition) is 0. The van der Waals surface area contributed by atoms with Crippen molar-refractivity contribution >= 4 is 0 Å². The minimum atomic E-state index is -0.670. The van der Waals surface area contributed by atoms with Gasteiger partial charge in [0.1, 0.15) is 0 Å². The summed E-state index contributed by atoms with van der Waals surface area (Å²) in [6, 6.07) is 7.69. The van der Waals surface area contributed by atoms with Crippen LogP contribution in [-0.2, 0) is 0 Å². The monoisotopic (exact) mass is 236 g/mol. The van der Waals surface area contributed by atoms with E-state index in [9.17, 15) is 0 Å². The third kappa shape index (κ3) is 3.79. The van der Waals surface area contributed by atoms with Crippen molar-refractivity contribution in [3.63, 3.8) is 0 Å². The van der Waals surface area contributed by atoms with Crippen molar-refractivity contribution in [1.82, 2.24) is 0 Å². The lowest BCUT2D eigenvalue weighted by atomic mass is 9.87. The minimum absolute atomic E-state index is 0.670. The van der Waals surface area contributed by atoms with Gasteiger partial charge in [-0.1, -0.05) is 23.3 Å². The molecule has 1 saturated carbocycles. The van der Waals surface area contributed by atoms with Crippen molar-refractivity contribution < 1.29 is 0 Å². The van der Waals surface area contributed by atoms with Gasteiger partial charge >= 0.3 is 0 Å². The molecule has 0 bridgehead atoms. The maximum absolute atomic E-state index is 8.69. The highest BCUT2D eigenvalue weighted by Crippen LogP contribution is 2.29. The average Bonchev–Trinajstić information content (AvgIpc) is 2.43. The van der Waals surface area contributed by atoms with Gasteiger partial charge in [-0.05, 0) is 25.7 Å². The van der Waals surface area contributed by atoms with Crippen molar-refractivity contribution in [2.75, 3.05) is 0 Å². The topological polar surface area (TPSA) is 95.2 Å². The molecule has 0 unspecified atom stereocenters. The van der Waals surface area contributed by atoms with Gasteiger partial charge in [-0.25, -0.2) is 0 Å². The van der Waals surface area contributed by atoms with Gasteiger partial charge in [-0.3, -0.25) is 0 Å². The number of nitriles is 4. The molecular weight excluding hydrogens is 224 g/mol. The molecule has 88 valence electrons. The molecule has 0 aromatic carbocycles. The maximum atomic E-state index is 8.69. The van der Waals surface area contributed by atoms with Gasteiger partial charge < -0.3 is 0 Å². The van der Waals surface area contributed by atoms with Crippen LogP contribution in [0.2, 0.25) is 0 Å². The van der Waals surface area contributed by atoms with Crippen LogP contribution in [-0.4, -0.2) is 0 Å². The fraction of sp³-hybridized carbons (Fsp3) is 0.429. The molecule has 1 fully saturated rings. The molecule has 0 aliphatic heterocycles. The van der Waals surface area contributed by atoms with Gasteiger partial charge in [0.05, 0.1) is 24.3 Å². The van der Waals surface area contributed by atoms with E-state index in [1.165, 1.54) is 0 Å². The predicted molar refractivity (Wildman–Crippen MR) is 64.1 cm³/mol. The lowest BCUT2D eigenvalue weighted by molar-refractivity contribution is 0.713. The summed E-state index contributed by atoms with van der Waals surface area (Å²) >= 11 is 0. The van der Waals surface area contributed by atoms with E-state index in [2.05, 4.69) is 0 Å². The van der Waals surface area contributed by atoms with E-state index in [0.29, 0.717) is 0 Å². The molecular formula is C14H12N4. The molecule has 4 nitrogen and oxygen atoms in total. The van der Waals surface area contributed by atoms with Crippen LogP contribution >= 0.6 is 0 Å². The largest absolute Gasteiger partial charge is 0.197 e. The lowest BCUT2D eigenvalue weighted by Gasteiger charge is -2.17. The van der Waals surface area contributed by atoms with Gasteiger partial charge in [-0.2, -0.15) is 21.0 Å². The molecule has 0 aromatic rings. The summed E-state index contributed by atoms with van der Waals surface area (Å²) in [6.45, 7) is 0. The fourth-order valence-electron chi connectivity index (χ4n) is 1.90. The number of hydrogen-bond acceptors (Lipinski definition) is 4. The molecule has 0 amide bonds. The normalized spacial score (nSPS) is 14.3. The van der Waals surface area contributed by atoms with Crippen LogP contribution in [0.4, 0.5) is 0 Å². The van der Waals surface area contributed by atoms with E-state index in [-0.39, 0.29) is 0 Å². The highest BCUT2D eigenvalue weighted by molar-refractivity contribution is 5.24. The molecule has 0 spiro atoms. The Morgan fingerprint density at radius 1 is 0.667 bits per heavy atom. The summed E-state index contributed by atoms with van der Waals surface area (Å²) in [5.74, 6) is -1.34. The van der Waals surface area contributed by atoms with Crippen LogP contribution in [0.1, 0.15) is 25.7 Å². The SMILES string of the molecule is N#CC(C#N)C=C1CCC(=CC(C#N)C#N)CC1. The van der Waals surface area contributed by atoms with Gasteiger partial charge in [-0.15, -0.1) is 0 Å². The first-order valence-electron chi connectivity index (χ1n) is 5.71. The quantitative estimate of drug-likeness (QED) is 0.688. The first kappa shape index (κ1) is 13.5. The molecule has 0 N–H and O–H groups in total. The van der Waals surface area contributed by atoms with Crippen molar-refractivity contribution in [3.8, 4) is 24.3 Å². The summed E-state index contributed by atoms with van der Waals surface area (Å²) < 4.78 is 0. The van der Waals surface area contributed by atoms with E-state index < -0.39 is 11.8 Å². The molecule has 1 rings (SSSR count). The average molecular weight is 236 g/mol. The third-order valence-electron chi connectivity index (χ3n) is 2.90. The van der Waals surface area contributed by atoms with Gasteiger partial charge in [0.25, 0.3) is 0 Å². The Hall–Kier alpha value is -2.56. The van der Waals surface area contributed by atoms with E-state index in [1.807, 2.05) is 24.3 Å². The second-order valence-corrected chi connectivity index (χ2v) is 4.12. The van der Waals surface area contributed by atoms with Gasteiger partial charge in [0.2, 0.25) is 0 Å². The number of allylic oxidation sites excluding steroid dienone is 4. The van der Waals surface area contributed by atoms with Crippen LogP contribution in [0.15, 0.2) is 23.3 Å². The highest BCUT2D eigenvalue weighted by atomic mass is 14.3. The molecule has 18 heavy (non-hydrogen) atoms. The number of nitrogens with zero attached hydrogens (tertiary/aromatic N) is 4. The molecule has 0 radical (unpaired) electrons. The summed E-state index contributed by atoms with van der Waals surface area (Å²) in [5.41, 5.74) is 2.23. The van der Waals surface area contributed by atoms with Gasteiger partial charge in [0, 0.05) is 0 Å². The molecule has 0 aromatic heterocycles. The summed E-state index contributed by atoms with van der Waals surface area (Å²) in [5, 5.41) is 34.8. The first-order chi connectivity index (χ1) is 8.73. The summed E-state index contributed by atoms with van der Waals surface area (Å²) in [4.78, 5) is 0. The van der Waals surface area contributed by atoms with E-state index in [4.69, 9.17) is 21.0 Å². The molecule has 1 aliphatic rings. The second-order valence-electron chi connectivity index (χ2n) is 4.12. The fourth-order valence-corrected chi connectivity index (χ4v) is 1.90. The third-order valence-corrected chi connectivity index (χ3v) is 2.90. The Labute approximate surface area is 107 Å². The Kier molecular flexibility index (Phi) is 5.18. The highest BCUT2D eigenvalue weighted by Gasteiger charge is 2.13. The first-order valence-corrected chi connectivity index (χ1v) is 5.71. The van der Waals surface area contributed by atoms with Crippen molar-refractivity contribution in [2.45, 2.75) is 25.7 Å². The van der Waals surface area contributed by atoms with E-state index in [0.717, 1.165) is 36.8 Å². The summed E-state index contributed by atoms with van der Waals surface area (Å²) in [7, 11) is 0. The zero-order valence-electron chi connectivity index (χ0n) is 9.93. The van der Waals surface area contributed by atoms with Crippen LogP contribution in [0.5, 0.6) is 0 Å². The maximum Gasteiger partial charge on any atom is 0.151 e. The Morgan fingerprint density at radius 3 is 1.17 bits per heavy atom. The predicted octanol–water partition coefficient (Wildman–Crippen LogP) is 2.74. The second kappa shape index (κ2) is 6.90. The summed E-state index contributed by atoms with van der Waals surface area (Å²) in [6.07, 6.45) is 6.65. The van der Waals surface area contributed by atoms with E-state index >= 15 is 0 Å². The molecule has 4 heteroatoms. The van der Waals surface area contributed by atoms with Crippen molar-refractivity contribution in [2.24, 2.45) is 11.8 Å². The molecule has 0 heterocycles. The van der Waals surface area contributed by atoms with Gasteiger partial charge in [0.15, 0.2) is 11.8 Å². The van der Waals surface area contributed by atoms with Crippen LogP contribution in [0.3, 0.4) is 0 Å². The molecule has 0 saturated heterocycles. The Balaban J connectivity index is 2.64. The van der Waals surface area contributed by atoms with Crippen molar-refractivity contribution in [3.05, 3.63) is 23.3 Å².